The fourth-order valence-electron chi connectivity index (χ4n) is 1.71. The largest absolute Gasteiger partial charge is 0.416 e. The number of nitrogens with zero attached hydrogens (tertiary/aromatic N) is 1. The third kappa shape index (κ3) is 3.96. The van der Waals surface area contributed by atoms with E-state index in [9.17, 15) is 21.6 Å². The lowest BCUT2D eigenvalue weighted by Gasteiger charge is -2.15. The van der Waals surface area contributed by atoms with Crippen molar-refractivity contribution < 1.29 is 21.6 Å². The van der Waals surface area contributed by atoms with Crippen molar-refractivity contribution in [2.45, 2.75) is 23.4 Å². The molecule has 0 unspecified atom stereocenters. The van der Waals surface area contributed by atoms with E-state index in [1.807, 2.05) is 0 Å². The van der Waals surface area contributed by atoms with E-state index in [0.717, 1.165) is 29.7 Å². The molecule has 0 fully saturated rings. The summed E-state index contributed by atoms with van der Waals surface area (Å²) in [5, 5.41) is 8.08. The fourth-order valence-corrected chi connectivity index (χ4v) is 3.25. The van der Waals surface area contributed by atoms with Crippen LogP contribution in [0, 0.1) is 0 Å². The van der Waals surface area contributed by atoms with Gasteiger partial charge in [0.25, 0.3) is 0 Å². The third-order valence-electron chi connectivity index (χ3n) is 2.82. The second-order valence-electron chi connectivity index (χ2n) is 4.52. The van der Waals surface area contributed by atoms with Crippen LogP contribution in [-0.4, -0.2) is 13.4 Å². The minimum Gasteiger partial charge on any atom is -0.355 e. The Kier molecular flexibility index (Phi) is 4.45. The van der Waals surface area contributed by atoms with Crippen molar-refractivity contribution in [1.29, 1.82) is 0 Å². The standard InChI is InChI=1S/C12H12F3N3O2S2/c1-7(8-3-2-4-9(5-8)12(13,14)15)18-11-17-6-10(21-11)22(16,19)20/h2-7H,1H3,(H,17,18)(H2,16,19,20)/t7-/m1/s1. The molecular weight excluding hydrogens is 339 g/mol. The lowest BCUT2D eigenvalue weighted by molar-refractivity contribution is -0.137. The van der Waals surface area contributed by atoms with Gasteiger partial charge >= 0.3 is 6.18 Å². The van der Waals surface area contributed by atoms with Gasteiger partial charge in [-0.05, 0) is 24.6 Å². The second kappa shape index (κ2) is 5.86. The molecule has 0 spiro atoms. The van der Waals surface area contributed by atoms with E-state index in [2.05, 4.69) is 10.3 Å². The van der Waals surface area contributed by atoms with Gasteiger partial charge in [-0.3, -0.25) is 0 Å². The summed E-state index contributed by atoms with van der Waals surface area (Å²) in [6.45, 7) is 1.65. The van der Waals surface area contributed by atoms with E-state index in [0.29, 0.717) is 5.56 Å². The highest BCUT2D eigenvalue weighted by Crippen LogP contribution is 2.32. The molecular formula is C12H12F3N3O2S2. The van der Waals surface area contributed by atoms with Crippen LogP contribution in [0.15, 0.2) is 34.7 Å². The van der Waals surface area contributed by atoms with Crippen molar-refractivity contribution >= 4 is 26.5 Å². The summed E-state index contributed by atoms with van der Waals surface area (Å²) in [6, 6.07) is 4.39. The first kappa shape index (κ1) is 16.7. The highest BCUT2D eigenvalue weighted by molar-refractivity contribution is 7.91. The molecule has 0 bridgehead atoms. The first-order valence-corrected chi connectivity index (χ1v) is 8.36. The molecule has 2 rings (SSSR count). The lowest BCUT2D eigenvalue weighted by Crippen LogP contribution is -2.10. The summed E-state index contributed by atoms with van der Waals surface area (Å²) in [5.74, 6) is 0. The van der Waals surface area contributed by atoms with Crippen LogP contribution in [0.1, 0.15) is 24.1 Å². The lowest BCUT2D eigenvalue weighted by atomic mass is 10.1. The van der Waals surface area contributed by atoms with Gasteiger partial charge in [0.05, 0.1) is 17.8 Å². The number of hydrogen-bond acceptors (Lipinski definition) is 5. The number of nitrogens with two attached hydrogens (primary N) is 1. The summed E-state index contributed by atoms with van der Waals surface area (Å²) in [6.07, 6.45) is -3.32. The Bertz CT molecular complexity index is 772. The van der Waals surface area contributed by atoms with Gasteiger partial charge in [0.15, 0.2) is 9.34 Å². The molecule has 1 aromatic heterocycles. The first-order valence-electron chi connectivity index (χ1n) is 5.99. The van der Waals surface area contributed by atoms with Crippen molar-refractivity contribution in [1.82, 2.24) is 4.98 Å². The predicted octanol–water partition coefficient (Wildman–Crippen LogP) is 2.98. The first-order chi connectivity index (χ1) is 10.1. The van der Waals surface area contributed by atoms with Gasteiger partial charge in [0.2, 0.25) is 10.0 Å². The zero-order chi connectivity index (χ0) is 16.5. The number of rotatable bonds is 4. The van der Waals surface area contributed by atoms with Crippen LogP contribution in [0.4, 0.5) is 18.3 Å². The number of primary sulfonamides is 1. The number of halogens is 3. The summed E-state index contributed by atoms with van der Waals surface area (Å²) in [5.41, 5.74) is -0.342. The van der Waals surface area contributed by atoms with Crippen molar-refractivity contribution in [2.75, 3.05) is 5.32 Å². The van der Waals surface area contributed by atoms with Gasteiger partial charge in [-0.2, -0.15) is 13.2 Å². The van der Waals surface area contributed by atoms with Crippen molar-refractivity contribution in [3.05, 3.63) is 41.6 Å². The molecule has 0 saturated heterocycles. The van der Waals surface area contributed by atoms with Gasteiger partial charge in [0.1, 0.15) is 0 Å². The minimum absolute atomic E-state index is 0.119. The number of benzene rings is 1. The number of hydrogen-bond donors (Lipinski definition) is 2. The Morgan fingerprint density at radius 1 is 1.36 bits per heavy atom. The SMILES string of the molecule is C[C@@H](Nc1ncc(S(N)(=O)=O)s1)c1cccc(C(F)(F)F)c1. The maximum Gasteiger partial charge on any atom is 0.416 e. The van der Waals surface area contributed by atoms with E-state index in [-0.39, 0.29) is 9.34 Å². The Balaban J connectivity index is 2.19. The minimum atomic E-state index is -4.42. The molecule has 0 radical (unpaired) electrons. The monoisotopic (exact) mass is 351 g/mol. The van der Waals surface area contributed by atoms with Crippen molar-refractivity contribution in [3.8, 4) is 0 Å². The predicted molar refractivity (Wildman–Crippen MR) is 77.0 cm³/mol. The Morgan fingerprint density at radius 2 is 2.05 bits per heavy atom. The maximum atomic E-state index is 12.7. The van der Waals surface area contributed by atoms with E-state index < -0.39 is 27.8 Å². The van der Waals surface area contributed by atoms with Crippen molar-refractivity contribution in [2.24, 2.45) is 5.14 Å². The van der Waals surface area contributed by atoms with Gasteiger partial charge in [-0.1, -0.05) is 23.5 Å². The molecule has 10 heteroatoms. The number of thiazole rings is 1. The van der Waals surface area contributed by atoms with Gasteiger partial charge in [-0.15, -0.1) is 0 Å². The molecule has 120 valence electrons. The number of anilines is 1. The number of aromatic nitrogens is 1. The zero-order valence-electron chi connectivity index (χ0n) is 11.3. The topological polar surface area (TPSA) is 85.1 Å². The van der Waals surface area contributed by atoms with E-state index >= 15 is 0 Å². The molecule has 1 aromatic carbocycles. The zero-order valence-corrected chi connectivity index (χ0v) is 12.9. The second-order valence-corrected chi connectivity index (χ2v) is 7.34. The summed E-state index contributed by atoms with van der Waals surface area (Å²) in [7, 11) is -3.84. The van der Waals surface area contributed by atoms with Crippen LogP contribution in [-0.2, 0) is 16.2 Å². The summed E-state index contributed by atoms with van der Waals surface area (Å²) < 4.78 is 60.2. The molecule has 0 saturated carbocycles. The van der Waals surface area contributed by atoms with Crippen LogP contribution in [0.25, 0.3) is 0 Å². The summed E-state index contributed by atoms with van der Waals surface area (Å²) >= 11 is 0.815. The van der Waals surface area contributed by atoms with Gasteiger partial charge in [0, 0.05) is 0 Å². The normalized spacial score (nSPS) is 13.9. The highest BCUT2D eigenvalue weighted by Gasteiger charge is 2.30. The molecule has 3 N–H and O–H groups in total. The fraction of sp³-hybridized carbons (Fsp3) is 0.250. The van der Waals surface area contributed by atoms with Crippen LogP contribution in [0.3, 0.4) is 0 Å². The molecule has 5 nitrogen and oxygen atoms in total. The summed E-state index contributed by atoms with van der Waals surface area (Å²) in [4.78, 5) is 3.85. The van der Waals surface area contributed by atoms with Crippen LogP contribution >= 0.6 is 11.3 Å². The van der Waals surface area contributed by atoms with E-state index in [1.54, 1.807) is 13.0 Å². The average Bonchev–Trinajstić information content (AvgIpc) is 2.86. The Labute approximate surface area is 129 Å². The molecule has 1 heterocycles. The Hall–Kier alpha value is -1.65. The van der Waals surface area contributed by atoms with Crippen LogP contribution in [0.2, 0.25) is 0 Å². The highest BCUT2D eigenvalue weighted by atomic mass is 32.2. The molecule has 22 heavy (non-hydrogen) atoms. The van der Waals surface area contributed by atoms with Crippen molar-refractivity contribution in [3.63, 3.8) is 0 Å². The molecule has 1 atom stereocenters. The molecule has 2 aromatic rings. The molecule has 0 amide bonds. The van der Waals surface area contributed by atoms with Crippen LogP contribution in [0.5, 0.6) is 0 Å². The van der Waals surface area contributed by atoms with E-state index in [4.69, 9.17) is 5.14 Å². The van der Waals surface area contributed by atoms with E-state index in [1.165, 1.54) is 6.07 Å². The smallest absolute Gasteiger partial charge is 0.355 e. The maximum absolute atomic E-state index is 12.7. The average molecular weight is 351 g/mol. The molecule has 0 aliphatic rings. The number of alkyl halides is 3. The van der Waals surface area contributed by atoms with Gasteiger partial charge in [-0.25, -0.2) is 18.5 Å². The Morgan fingerprint density at radius 3 is 2.59 bits per heavy atom. The van der Waals surface area contributed by atoms with Crippen LogP contribution < -0.4 is 10.5 Å². The third-order valence-corrected chi connectivity index (χ3v) is 5.16. The van der Waals surface area contributed by atoms with Gasteiger partial charge < -0.3 is 5.32 Å². The molecule has 0 aliphatic carbocycles. The quantitative estimate of drug-likeness (QED) is 0.887. The molecule has 0 aliphatic heterocycles. The number of nitrogens with one attached hydrogen (secondary N) is 1. The number of sulfonamides is 1.